The first-order valence-corrected chi connectivity index (χ1v) is 9.42. The molecule has 2 heterocycles. The van der Waals surface area contributed by atoms with Crippen LogP contribution in [0.4, 0.5) is 4.39 Å². The van der Waals surface area contributed by atoms with Crippen LogP contribution in [0.2, 0.25) is 0 Å². The molecular weight excluding hydrogens is 353 g/mol. The number of aryl methyl sites for hydroxylation is 1. The molecule has 0 fully saturated rings. The molecule has 4 aromatic rings. The third-order valence-corrected chi connectivity index (χ3v) is 4.78. The van der Waals surface area contributed by atoms with Gasteiger partial charge in [-0.15, -0.1) is 0 Å². The van der Waals surface area contributed by atoms with E-state index in [-0.39, 0.29) is 5.82 Å². The summed E-state index contributed by atoms with van der Waals surface area (Å²) in [6.07, 6.45) is 3.49. The van der Waals surface area contributed by atoms with E-state index in [0.717, 1.165) is 52.9 Å². The fourth-order valence-electron chi connectivity index (χ4n) is 3.42. The monoisotopic (exact) mass is 375 g/mol. The highest BCUT2D eigenvalue weighted by Gasteiger charge is 2.10. The number of fused-ring (bicyclic) bond motifs is 1. The first-order valence-electron chi connectivity index (χ1n) is 9.42. The van der Waals surface area contributed by atoms with E-state index in [0.29, 0.717) is 6.54 Å². The average Bonchev–Trinajstić information content (AvgIpc) is 3.17. The van der Waals surface area contributed by atoms with E-state index in [2.05, 4.69) is 15.0 Å². The molecular formula is C23H22FN3O. The molecule has 0 amide bonds. The predicted octanol–water partition coefficient (Wildman–Crippen LogP) is 5.09. The van der Waals surface area contributed by atoms with Crippen LogP contribution in [0.3, 0.4) is 0 Å². The van der Waals surface area contributed by atoms with Crippen LogP contribution < -0.4 is 0 Å². The number of pyridine rings is 1. The summed E-state index contributed by atoms with van der Waals surface area (Å²) in [5.41, 5.74) is 3.68. The second-order valence-electron chi connectivity index (χ2n) is 7.03. The Morgan fingerprint density at radius 1 is 1.04 bits per heavy atom. The Labute approximate surface area is 163 Å². The molecule has 0 bridgehead atoms. The van der Waals surface area contributed by atoms with Gasteiger partial charge in [0.15, 0.2) is 0 Å². The molecule has 0 unspecified atom stereocenters. The van der Waals surface area contributed by atoms with Gasteiger partial charge in [-0.2, -0.15) is 0 Å². The highest BCUT2D eigenvalue weighted by atomic mass is 19.1. The molecule has 5 heteroatoms. The summed E-state index contributed by atoms with van der Waals surface area (Å²) in [6.45, 7) is 1.52. The molecule has 142 valence electrons. The van der Waals surface area contributed by atoms with Crippen molar-refractivity contribution in [2.45, 2.75) is 19.4 Å². The summed E-state index contributed by atoms with van der Waals surface area (Å²) >= 11 is 0. The smallest absolute Gasteiger partial charge is 0.137 e. The average molecular weight is 375 g/mol. The minimum atomic E-state index is -0.223. The normalized spacial score (nSPS) is 11.4. The van der Waals surface area contributed by atoms with E-state index in [9.17, 15) is 4.39 Å². The van der Waals surface area contributed by atoms with Crippen LogP contribution >= 0.6 is 0 Å². The third-order valence-electron chi connectivity index (χ3n) is 4.78. The van der Waals surface area contributed by atoms with Crippen molar-refractivity contribution < 1.29 is 8.91 Å². The minimum Gasteiger partial charge on any atom is -0.361 e. The molecule has 0 saturated heterocycles. The van der Waals surface area contributed by atoms with Crippen molar-refractivity contribution in [1.82, 2.24) is 15.0 Å². The number of nitrogens with zero attached hydrogens (tertiary/aromatic N) is 3. The standard InChI is InChI=1S/C23H22FN3O/c1-27(16-19-14-20(24)13-18-9-5-11-25-23(18)19)12-6-10-21-15-22(26-28-21)17-7-3-2-4-8-17/h2-5,7-9,11,13-15H,6,10,12,16H2,1H3. The zero-order valence-electron chi connectivity index (χ0n) is 15.8. The Morgan fingerprint density at radius 3 is 2.75 bits per heavy atom. The van der Waals surface area contributed by atoms with Gasteiger partial charge in [-0.1, -0.05) is 41.6 Å². The zero-order valence-corrected chi connectivity index (χ0v) is 15.8. The maximum Gasteiger partial charge on any atom is 0.137 e. The molecule has 2 aromatic heterocycles. The molecule has 0 spiro atoms. The van der Waals surface area contributed by atoms with Crippen molar-refractivity contribution in [2.24, 2.45) is 0 Å². The van der Waals surface area contributed by atoms with Gasteiger partial charge >= 0.3 is 0 Å². The molecule has 0 radical (unpaired) electrons. The van der Waals surface area contributed by atoms with Crippen molar-refractivity contribution in [3.8, 4) is 11.3 Å². The molecule has 4 nitrogen and oxygen atoms in total. The number of hydrogen-bond donors (Lipinski definition) is 0. The summed E-state index contributed by atoms with van der Waals surface area (Å²) in [5, 5.41) is 4.99. The Morgan fingerprint density at radius 2 is 1.89 bits per heavy atom. The van der Waals surface area contributed by atoms with E-state index < -0.39 is 0 Å². The van der Waals surface area contributed by atoms with Crippen LogP contribution in [0.25, 0.3) is 22.2 Å². The fraction of sp³-hybridized carbons (Fsp3) is 0.217. The van der Waals surface area contributed by atoms with E-state index >= 15 is 0 Å². The maximum atomic E-state index is 13.9. The largest absolute Gasteiger partial charge is 0.361 e. The van der Waals surface area contributed by atoms with Gasteiger partial charge in [0.05, 0.1) is 5.52 Å². The SMILES string of the molecule is CN(CCCc1cc(-c2ccccc2)no1)Cc1cc(F)cc2cccnc12. The molecule has 0 aliphatic carbocycles. The van der Waals surface area contributed by atoms with Gasteiger partial charge in [-0.05, 0) is 43.8 Å². The Bertz CT molecular complexity index is 1060. The number of aromatic nitrogens is 2. The Hall–Kier alpha value is -3.05. The molecule has 4 rings (SSSR count). The first-order chi connectivity index (χ1) is 13.7. The van der Waals surface area contributed by atoms with Gasteiger partial charge in [-0.25, -0.2) is 4.39 Å². The number of halogens is 1. The van der Waals surface area contributed by atoms with Crippen molar-refractivity contribution in [3.05, 3.63) is 84.0 Å². The fourth-order valence-corrected chi connectivity index (χ4v) is 3.42. The van der Waals surface area contributed by atoms with Gasteiger partial charge in [0.2, 0.25) is 0 Å². The molecule has 28 heavy (non-hydrogen) atoms. The number of rotatable bonds is 7. The highest BCUT2D eigenvalue weighted by molar-refractivity contribution is 5.81. The van der Waals surface area contributed by atoms with Gasteiger partial charge in [-0.3, -0.25) is 4.98 Å². The van der Waals surface area contributed by atoms with Crippen molar-refractivity contribution in [3.63, 3.8) is 0 Å². The van der Waals surface area contributed by atoms with Crippen LogP contribution in [0, 0.1) is 5.82 Å². The van der Waals surface area contributed by atoms with Crippen molar-refractivity contribution in [1.29, 1.82) is 0 Å². The summed E-state index contributed by atoms with van der Waals surface area (Å²) in [7, 11) is 2.04. The van der Waals surface area contributed by atoms with E-state index in [4.69, 9.17) is 4.52 Å². The molecule has 2 aromatic carbocycles. The van der Waals surface area contributed by atoms with Crippen molar-refractivity contribution in [2.75, 3.05) is 13.6 Å². The first kappa shape index (κ1) is 18.3. The quantitative estimate of drug-likeness (QED) is 0.451. The summed E-state index contributed by atoms with van der Waals surface area (Å²) in [6, 6.07) is 18.8. The molecule has 0 saturated carbocycles. The summed E-state index contributed by atoms with van der Waals surface area (Å²) in [4.78, 5) is 6.60. The summed E-state index contributed by atoms with van der Waals surface area (Å²) in [5.74, 6) is 0.657. The Kier molecular flexibility index (Phi) is 5.44. The summed E-state index contributed by atoms with van der Waals surface area (Å²) < 4.78 is 19.4. The number of benzene rings is 2. The molecule has 0 N–H and O–H groups in total. The van der Waals surface area contributed by atoms with Crippen LogP contribution in [0.15, 0.2) is 71.4 Å². The minimum absolute atomic E-state index is 0.223. The van der Waals surface area contributed by atoms with Gasteiger partial charge in [0.25, 0.3) is 0 Å². The van der Waals surface area contributed by atoms with E-state index in [1.807, 2.05) is 55.6 Å². The van der Waals surface area contributed by atoms with Gasteiger partial charge in [0, 0.05) is 36.2 Å². The van der Waals surface area contributed by atoms with Crippen LogP contribution in [0.5, 0.6) is 0 Å². The second kappa shape index (κ2) is 8.31. The molecule has 0 aliphatic rings. The lowest BCUT2D eigenvalue weighted by atomic mass is 10.1. The Balaban J connectivity index is 1.34. The van der Waals surface area contributed by atoms with Gasteiger partial charge in [0.1, 0.15) is 17.3 Å². The van der Waals surface area contributed by atoms with E-state index in [1.54, 1.807) is 12.3 Å². The van der Waals surface area contributed by atoms with E-state index in [1.165, 1.54) is 6.07 Å². The predicted molar refractivity (Wildman–Crippen MR) is 108 cm³/mol. The second-order valence-corrected chi connectivity index (χ2v) is 7.03. The zero-order chi connectivity index (χ0) is 19.3. The van der Waals surface area contributed by atoms with Crippen LogP contribution in [-0.2, 0) is 13.0 Å². The lowest BCUT2D eigenvalue weighted by Crippen LogP contribution is -2.20. The van der Waals surface area contributed by atoms with Crippen LogP contribution in [-0.4, -0.2) is 28.6 Å². The lowest BCUT2D eigenvalue weighted by Gasteiger charge is -2.17. The maximum absolute atomic E-state index is 13.9. The molecule has 0 aliphatic heterocycles. The topological polar surface area (TPSA) is 42.2 Å². The lowest BCUT2D eigenvalue weighted by molar-refractivity contribution is 0.312. The van der Waals surface area contributed by atoms with Gasteiger partial charge < -0.3 is 9.42 Å². The van der Waals surface area contributed by atoms with Crippen LogP contribution in [0.1, 0.15) is 17.7 Å². The highest BCUT2D eigenvalue weighted by Crippen LogP contribution is 2.21. The number of hydrogen-bond acceptors (Lipinski definition) is 4. The van der Waals surface area contributed by atoms with Crippen molar-refractivity contribution >= 4 is 10.9 Å². The molecule has 0 atom stereocenters. The third kappa shape index (κ3) is 4.26.